The van der Waals surface area contributed by atoms with Crippen LogP contribution < -0.4 is 14.8 Å². The second kappa shape index (κ2) is 8.75. The molecule has 7 heteroatoms. The molecule has 0 fully saturated rings. The summed E-state index contributed by atoms with van der Waals surface area (Å²) in [6.45, 7) is 9.33. The van der Waals surface area contributed by atoms with Crippen LogP contribution in [-0.2, 0) is 14.8 Å². The number of hydrogen-bond acceptors (Lipinski definition) is 4. The first-order valence-electron chi connectivity index (χ1n) is 9.13. The van der Waals surface area contributed by atoms with Gasteiger partial charge in [-0.25, -0.2) is 8.42 Å². The first-order valence-corrected chi connectivity index (χ1v) is 10.6. The largest absolute Gasteiger partial charge is 0.495 e. The zero-order chi connectivity index (χ0) is 21.1. The topological polar surface area (TPSA) is 84.5 Å². The molecule has 0 aromatic heterocycles. The normalized spacial score (nSPS) is 12.7. The third-order valence-corrected chi connectivity index (χ3v) is 5.92. The second-order valence-corrected chi connectivity index (χ2v) is 8.96. The molecule has 0 saturated heterocycles. The van der Waals surface area contributed by atoms with Gasteiger partial charge in [-0.2, -0.15) is 4.72 Å². The van der Waals surface area contributed by atoms with Crippen molar-refractivity contribution in [2.24, 2.45) is 0 Å². The summed E-state index contributed by atoms with van der Waals surface area (Å²) in [5, 5.41) is 2.76. The Kier molecular flexibility index (Phi) is 6.85. The number of ether oxygens (including phenoxy) is 1. The summed E-state index contributed by atoms with van der Waals surface area (Å²) in [4.78, 5) is 12.5. The van der Waals surface area contributed by atoms with Crippen molar-refractivity contribution in [3.8, 4) is 5.75 Å². The van der Waals surface area contributed by atoms with Crippen molar-refractivity contribution in [3.63, 3.8) is 0 Å². The molecular weight excluding hydrogens is 376 g/mol. The van der Waals surface area contributed by atoms with E-state index in [0.717, 1.165) is 16.7 Å². The average Bonchev–Trinajstić information content (AvgIpc) is 2.59. The van der Waals surface area contributed by atoms with Crippen LogP contribution in [0.25, 0.3) is 0 Å². The predicted molar refractivity (Wildman–Crippen MR) is 111 cm³/mol. The maximum absolute atomic E-state index is 12.9. The highest BCUT2D eigenvalue weighted by Crippen LogP contribution is 2.28. The van der Waals surface area contributed by atoms with Gasteiger partial charge in [-0.05, 0) is 67.6 Å². The monoisotopic (exact) mass is 404 g/mol. The number of carbonyl (C=O) groups excluding carboxylic acids is 1. The first kappa shape index (κ1) is 21.9. The molecule has 0 bridgehead atoms. The van der Waals surface area contributed by atoms with Crippen LogP contribution in [0.5, 0.6) is 5.75 Å². The third-order valence-electron chi connectivity index (χ3n) is 4.36. The molecule has 0 aliphatic rings. The molecule has 1 unspecified atom stereocenters. The number of carbonyl (C=O) groups is 1. The zero-order valence-corrected chi connectivity index (χ0v) is 18.0. The number of amides is 1. The molecule has 6 nitrogen and oxygen atoms in total. The van der Waals surface area contributed by atoms with Crippen molar-refractivity contribution in [2.45, 2.75) is 51.5 Å². The van der Waals surface area contributed by atoms with E-state index in [-0.39, 0.29) is 16.6 Å². The van der Waals surface area contributed by atoms with Gasteiger partial charge in [0.15, 0.2) is 0 Å². The summed E-state index contributed by atoms with van der Waals surface area (Å²) in [7, 11) is -2.53. The molecule has 0 spiro atoms. The quantitative estimate of drug-likeness (QED) is 0.736. The Morgan fingerprint density at radius 1 is 1.00 bits per heavy atom. The fourth-order valence-corrected chi connectivity index (χ4v) is 4.32. The average molecular weight is 405 g/mol. The molecule has 2 aromatic rings. The van der Waals surface area contributed by atoms with Crippen LogP contribution in [0.15, 0.2) is 41.3 Å². The molecule has 0 saturated carbocycles. The van der Waals surface area contributed by atoms with Crippen LogP contribution in [0.1, 0.15) is 43.4 Å². The summed E-state index contributed by atoms with van der Waals surface area (Å²) in [6.07, 6.45) is 0. The van der Waals surface area contributed by atoms with Crippen LogP contribution in [0.2, 0.25) is 0 Å². The summed E-state index contributed by atoms with van der Waals surface area (Å²) in [5.41, 5.74) is 3.53. The molecular formula is C21H28N2O4S. The molecule has 0 radical (unpaired) electrons. The fourth-order valence-electron chi connectivity index (χ4n) is 2.91. The Morgan fingerprint density at radius 3 is 2.14 bits per heavy atom. The van der Waals surface area contributed by atoms with Crippen molar-refractivity contribution < 1.29 is 17.9 Å². The Labute approximate surface area is 167 Å². The highest BCUT2D eigenvalue weighted by atomic mass is 32.2. The lowest BCUT2D eigenvalue weighted by atomic mass is 10.0. The van der Waals surface area contributed by atoms with Crippen molar-refractivity contribution in [3.05, 3.63) is 53.1 Å². The minimum atomic E-state index is -3.95. The van der Waals surface area contributed by atoms with Crippen molar-refractivity contribution in [1.29, 1.82) is 0 Å². The van der Waals surface area contributed by atoms with Crippen LogP contribution >= 0.6 is 0 Å². The lowest BCUT2D eigenvalue weighted by Crippen LogP contribution is -2.41. The minimum Gasteiger partial charge on any atom is -0.495 e. The molecule has 2 N–H and O–H groups in total. The molecule has 2 aromatic carbocycles. The van der Waals surface area contributed by atoms with E-state index >= 15 is 0 Å². The predicted octanol–water partition coefficient (Wildman–Crippen LogP) is 3.74. The van der Waals surface area contributed by atoms with Gasteiger partial charge < -0.3 is 10.1 Å². The molecule has 0 aliphatic carbocycles. The SMILES string of the molecule is COc1ccc(C(C)C)cc1S(=O)(=O)NC(C)C(=O)Nc1cc(C)cc(C)c1. The van der Waals surface area contributed by atoms with Gasteiger partial charge in [0.25, 0.3) is 0 Å². The Bertz CT molecular complexity index is 948. The summed E-state index contributed by atoms with van der Waals surface area (Å²) in [6, 6.07) is 9.75. The van der Waals surface area contributed by atoms with E-state index in [1.165, 1.54) is 14.0 Å². The highest BCUT2D eigenvalue weighted by molar-refractivity contribution is 7.89. The van der Waals surface area contributed by atoms with E-state index in [9.17, 15) is 13.2 Å². The van der Waals surface area contributed by atoms with Gasteiger partial charge in [-0.3, -0.25) is 4.79 Å². The number of hydrogen-bond donors (Lipinski definition) is 2. The second-order valence-electron chi connectivity index (χ2n) is 7.27. The highest BCUT2D eigenvalue weighted by Gasteiger charge is 2.26. The molecule has 1 atom stereocenters. The van der Waals surface area contributed by atoms with E-state index in [1.54, 1.807) is 12.1 Å². The smallest absolute Gasteiger partial charge is 0.244 e. The standard InChI is InChI=1S/C21H28N2O4S/c1-13(2)17-7-8-19(27-6)20(12-17)28(25,26)23-16(5)21(24)22-18-10-14(3)9-15(4)11-18/h7-13,16,23H,1-6H3,(H,22,24). The summed E-state index contributed by atoms with van der Waals surface area (Å²) >= 11 is 0. The number of benzene rings is 2. The third kappa shape index (κ3) is 5.33. The summed E-state index contributed by atoms with van der Waals surface area (Å²) < 4.78 is 33.4. The van der Waals surface area contributed by atoms with Gasteiger partial charge in [0.05, 0.1) is 13.2 Å². The van der Waals surface area contributed by atoms with E-state index in [1.807, 2.05) is 52.0 Å². The minimum absolute atomic E-state index is 0.0206. The number of aryl methyl sites for hydroxylation is 2. The Balaban J connectivity index is 2.23. The van der Waals surface area contributed by atoms with Crippen LogP contribution in [-0.4, -0.2) is 27.5 Å². The lowest BCUT2D eigenvalue weighted by Gasteiger charge is -2.17. The van der Waals surface area contributed by atoms with Crippen molar-refractivity contribution >= 4 is 21.6 Å². The maximum atomic E-state index is 12.9. The molecule has 28 heavy (non-hydrogen) atoms. The van der Waals surface area contributed by atoms with Gasteiger partial charge in [-0.1, -0.05) is 26.0 Å². The van der Waals surface area contributed by atoms with E-state index < -0.39 is 22.0 Å². The number of sulfonamides is 1. The molecule has 152 valence electrons. The van der Waals surface area contributed by atoms with Gasteiger partial charge >= 0.3 is 0 Å². The maximum Gasteiger partial charge on any atom is 0.244 e. The van der Waals surface area contributed by atoms with E-state index in [4.69, 9.17) is 4.74 Å². The molecule has 1 amide bonds. The Morgan fingerprint density at radius 2 is 1.61 bits per heavy atom. The molecule has 0 aliphatic heterocycles. The van der Waals surface area contributed by atoms with E-state index in [0.29, 0.717) is 5.69 Å². The van der Waals surface area contributed by atoms with Gasteiger partial charge in [0, 0.05) is 5.69 Å². The van der Waals surface area contributed by atoms with Crippen LogP contribution in [0, 0.1) is 13.8 Å². The molecule has 2 rings (SSSR count). The van der Waals surface area contributed by atoms with E-state index in [2.05, 4.69) is 10.0 Å². The molecule has 0 heterocycles. The first-order chi connectivity index (χ1) is 13.0. The fraction of sp³-hybridized carbons (Fsp3) is 0.381. The lowest BCUT2D eigenvalue weighted by molar-refractivity contribution is -0.117. The van der Waals surface area contributed by atoms with Gasteiger partial charge in [-0.15, -0.1) is 0 Å². The van der Waals surface area contributed by atoms with Crippen LogP contribution in [0.3, 0.4) is 0 Å². The zero-order valence-electron chi connectivity index (χ0n) is 17.2. The van der Waals surface area contributed by atoms with Crippen molar-refractivity contribution in [1.82, 2.24) is 4.72 Å². The number of methoxy groups -OCH3 is 1. The van der Waals surface area contributed by atoms with Crippen LogP contribution in [0.4, 0.5) is 5.69 Å². The van der Waals surface area contributed by atoms with Crippen molar-refractivity contribution in [2.75, 3.05) is 12.4 Å². The summed E-state index contributed by atoms with van der Waals surface area (Å²) in [5.74, 6) is -0.0449. The Hall–Kier alpha value is -2.38. The number of rotatable bonds is 7. The number of anilines is 1. The number of nitrogens with one attached hydrogen (secondary N) is 2. The van der Waals surface area contributed by atoms with Gasteiger partial charge in [0.2, 0.25) is 15.9 Å². The van der Waals surface area contributed by atoms with Gasteiger partial charge in [0.1, 0.15) is 10.6 Å².